The zero-order valence-corrected chi connectivity index (χ0v) is 19.7. The third-order valence-electron chi connectivity index (χ3n) is 6.86. The van der Waals surface area contributed by atoms with Crippen molar-refractivity contribution in [3.8, 4) is 22.3 Å². The molecular weight excluding hydrogens is 386 g/mol. The quantitative estimate of drug-likeness (QED) is 0.311. The Hall–Kier alpha value is -3.32. The number of fused-ring (bicyclic) bond motifs is 3. The van der Waals surface area contributed by atoms with E-state index < -0.39 is 0 Å². The van der Waals surface area contributed by atoms with E-state index in [-0.39, 0.29) is 5.54 Å². The monoisotopic (exact) mass is 417 g/mol. The van der Waals surface area contributed by atoms with Gasteiger partial charge in [-0.15, -0.1) is 0 Å². The van der Waals surface area contributed by atoms with Crippen LogP contribution in [0.15, 0.2) is 78.9 Å². The molecule has 1 aliphatic rings. The molecule has 0 heterocycles. The summed E-state index contributed by atoms with van der Waals surface area (Å²) in [5.41, 5.74) is 14.5. The van der Waals surface area contributed by atoms with Crippen molar-refractivity contribution in [2.24, 2.45) is 0 Å². The van der Waals surface area contributed by atoms with Crippen LogP contribution >= 0.6 is 0 Å². The first kappa shape index (κ1) is 20.6. The third-order valence-corrected chi connectivity index (χ3v) is 6.86. The van der Waals surface area contributed by atoms with E-state index in [1.54, 1.807) is 0 Å². The van der Waals surface area contributed by atoms with Gasteiger partial charge in [0.2, 0.25) is 0 Å². The molecule has 0 unspecified atom stereocenters. The Balaban J connectivity index is 1.61. The minimum atomic E-state index is -0.227. The van der Waals surface area contributed by atoms with Gasteiger partial charge in [-0.05, 0) is 91.1 Å². The molecule has 160 valence electrons. The lowest BCUT2D eigenvalue weighted by Gasteiger charge is -2.32. The molecule has 4 aromatic rings. The van der Waals surface area contributed by atoms with Crippen LogP contribution in [0.3, 0.4) is 0 Å². The number of benzene rings is 4. The number of nitrogens with one attached hydrogen (secondary N) is 1. The Morgan fingerprint density at radius 3 is 1.94 bits per heavy atom. The Labute approximate surface area is 192 Å². The summed E-state index contributed by atoms with van der Waals surface area (Å²) in [7, 11) is 0. The second kappa shape index (κ2) is 7.67. The van der Waals surface area contributed by atoms with E-state index in [0.29, 0.717) is 0 Å². The first-order chi connectivity index (χ1) is 15.3. The Morgan fingerprint density at radius 2 is 1.22 bits per heavy atom. The maximum absolute atomic E-state index is 3.89. The minimum absolute atomic E-state index is 0.227. The predicted molar refractivity (Wildman–Crippen MR) is 137 cm³/mol. The van der Waals surface area contributed by atoms with Gasteiger partial charge in [0.05, 0.1) is 5.54 Å². The smallest absolute Gasteiger partial charge is 0.0575 e. The van der Waals surface area contributed by atoms with Crippen molar-refractivity contribution in [2.75, 3.05) is 5.32 Å². The molecule has 0 aliphatic heterocycles. The van der Waals surface area contributed by atoms with Crippen molar-refractivity contribution >= 4 is 5.69 Å². The highest BCUT2D eigenvalue weighted by molar-refractivity contribution is 5.86. The van der Waals surface area contributed by atoms with Gasteiger partial charge in [0, 0.05) is 5.69 Å². The van der Waals surface area contributed by atoms with Crippen molar-refractivity contribution in [3.63, 3.8) is 0 Å². The second-order valence-electron chi connectivity index (χ2n) is 9.73. The summed E-state index contributed by atoms with van der Waals surface area (Å²) in [6, 6.07) is 29.0. The van der Waals surface area contributed by atoms with E-state index in [1.165, 1.54) is 61.3 Å². The Morgan fingerprint density at radius 1 is 0.656 bits per heavy atom. The van der Waals surface area contributed by atoms with Crippen LogP contribution in [0.1, 0.15) is 47.2 Å². The molecule has 0 atom stereocenters. The van der Waals surface area contributed by atoms with Crippen molar-refractivity contribution in [1.29, 1.82) is 0 Å². The number of rotatable bonds is 4. The fraction of sp³-hybridized carbons (Fsp3) is 0.226. The van der Waals surface area contributed by atoms with E-state index in [2.05, 4.69) is 119 Å². The van der Waals surface area contributed by atoms with Crippen LogP contribution in [0.4, 0.5) is 5.69 Å². The lowest BCUT2D eigenvalue weighted by atomic mass is 9.84. The fourth-order valence-electron chi connectivity index (χ4n) is 5.43. The Kier molecular flexibility index (Phi) is 4.93. The average Bonchev–Trinajstić information content (AvgIpc) is 3.15. The van der Waals surface area contributed by atoms with E-state index in [0.717, 1.165) is 6.42 Å². The molecule has 0 spiro atoms. The van der Waals surface area contributed by atoms with Crippen molar-refractivity contribution in [1.82, 2.24) is 0 Å². The molecule has 0 fully saturated rings. The molecular formula is C31H31N. The lowest BCUT2D eigenvalue weighted by molar-refractivity contribution is 0.610. The summed E-state index contributed by atoms with van der Waals surface area (Å²) in [5.74, 6) is 0. The first-order valence-electron chi connectivity index (χ1n) is 11.5. The van der Waals surface area contributed by atoms with E-state index in [4.69, 9.17) is 0 Å². The van der Waals surface area contributed by atoms with Gasteiger partial charge in [-0.25, -0.2) is 0 Å². The molecule has 32 heavy (non-hydrogen) atoms. The van der Waals surface area contributed by atoms with E-state index in [9.17, 15) is 0 Å². The predicted octanol–water partition coefficient (Wildman–Crippen LogP) is 8.20. The molecule has 1 N–H and O–H groups in total. The highest BCUT2D eigenvalue weighted by Gasteiger charge is 2.28. The van der Waals surface area contributed by atoms with Crippen LogP contribution in [-0.2, 0) is 12.0 Å². The van der Waals surface area contributed by atoms with Gasteiger partial charge in [-0.2, -0.15) is 0 Å². The normalized spacial score (nSPS) is 12.4. The van der Waals surface area contributed by atoms with Crippen LogP contribution in [0, 0.1) is 20.8 Å². The van der Waals surface area contributed by atoms with Gasteiger partial charge in [-0.3, -0.25) is 0 Å². The number of aryl methyl sites for hydroxylation is 3. The molecule has 1 aliphatic carbocycles. The lowest BCUT2D eigenvalue weighted by Crippen LogP contribution is -2.29. The maximum Gasteiger partial charge on any atom is 0.0575 e. The minimum Gasteiger partial charge on any atom is -0.376 e. The van der Waals surface area contributed by atoms with Gasteiger partial charge < -0.3 is 5.32 Å². The molecule has 1 heteroatoms. The van der Waals surface area contributed by atoms with Gasteiger partial charge in [0.15, 0.2) is 0 Å². The second-order valence-corrected chi connectivity index (χ2v) is 9.73. The molecule has 4 aromatic carbocycles. The van der Waals surface area contributed by atoms with Gasteiger partial charge >= 0.3 is 0 Å². The fourth-order valence-corrected chi connectivity index (χ4v) is 5.43. The summed E-state index contributed by atoms with van der Waals surface area (Å²) in [4.78, 5) is 0. The topological polar surface area (TPSA) is 12.0 Å². The van der Waals surface area contributed by atoms with Crippen molar-refractivity contribution in [2.45, 2.75) is 46.6 Å². The maximum atomic E-state index is 3.89. The summed E-state index contributed by atoms with van der Waals surface area (Å²) >= 11 is 0. The van der Waals surface area contributed by atoms with Crippen LogP contribution in [0.2, 0.25) is 0 Å². The summed E-state index contributed by atoms with van der Waals surface area (Å²) in [6.07, 6.45) is 1.00. The van der Waals surface area contributed by atoms with Crippen molar-refractivity contribution < 1.29 is 0 Å². The van der Waals surface area contributed by atoms with Gasteiger partial charge in [0.25, 0.3) is 0 Å². The first-order valence-corrected chi connectivity index (χ1v) is 11.5. The number of hydrogen-bond acceptors (Lipinski definition) is 1. The average molecular weight is 418 g/mol. The molecule has 5 rings (SSSR count). The number of hydrogen-bond donors (Lipinski definition) is 1. The summed E-state index contributed by atoms with van der Waals surface area (Å²) in [6.45, 7) is 11.2. The molecule has 0 radical (unpaired) electrons. The highest BCUT2D eigenvalue weighted by atomic mass is 15.0. The largest absolute Gasteiger partial charge is 0.376 e. The zero-order chi connectivity index (χ0) is 22.5. The summed E-state index contributed by atoms with van der Waals surface area (Å²) in [5, 5.41) is 3.89. The van der Waals surface area contributed by atoms with E-state index >= 15 is 0 Å². The van der Waals surface area contributed by atoms with E-state index in [1.807, 2.05) is 0 Å². The molecule has 0 saturated heterocycles. The van der Waals surface area contributed by atoms with Gasteiger partial charge in [0.1, 0.15) is 0 Å². The van der Waals surface area contributed by atoms with Crippen LogP contribution in [0.25, 0.3) is 22.3 Å². The SMILES string of the molecule is Cc1cc(C)c(NC(C)(C)c2ccccc2-c2cccc3c2Cc2ccccc2-3)c(C)c1. The molecule has 1 nitrogen and oxygen atoms in total. The third kappa shape index (κ3) is 3.42. The van der Waals surface area contributed by atoms with Crippen LogP contribution < -0.4 is 5.32 Å². The van der Waals surface area contributed by atoms with Crippen LogP contribution in [0.5, 0.6) is 0 Å². The molecule has 0 saturated carbocycles. The molecule has 0 amide bonds. The zero-order valence-electron chi connectivity index (χ0n) is 19.7. The van der Waals surface area contributed by atoms with Crippen molar-refractivity contribution in [3.05, 3.63) is 112 Å². The standard InChI is InChI=1S/C31H31N/c1-20-17-21(2)30(22(3)18-20)32-31(4,5)29-16-9-8-13-27(29)26-15-10-14-25-24-12-7-6-11-23(24)19-28(25)26/h6-18,32H,19H2,1-5H3. The van der Waals surface area contributed by atoms with Crippen LogP contribution in [-0.4, -0.2) is 0 Å². The number of anilines is 1. The molecule has 0 aromatic heterocycles. The Bertz CT molecular complexity index is 1300. The molecule has 0 bridgehead atoms. The summed E-state index contributed by atoms with van der Waals surface area (Å²) < 4.78 is 0. The highest BCUT2D eigenvalue weighted by Crippen LogP contribution is 2.44. The van der Waals surface area contributed by atoms with Gasteiger partial charge in [-0.1, -0.05) is 84.4 Å².